The molecule has 124 valence electrons. The Morgan fingerprint density at radius 1 is 0.846 bits per heavy atom. The molecule has 26 heavy (non-hydrogen) atoms. The fourth-order valence-electron chi connectivity index (χ4n) is 2.85. The Morgan fingerprint density at radius 2 is 1.58 bits per heavy atom. The first-order valence-electron chi connectivity index (χ1n) is 8.14. The number of nitrogens with zero attached hydrogens (tertiary/aromatic N) is 1. The highest BCUT2D eigenvalue weighted by atomic mass is 32.2. The van der Waals surface area contributed by atoms with Crippen molar-refractivity contribution in [1.82, 2.24) is 4.98 Å². The number of pyridine rings is 1. The van der Waals surface area contributed by atoms with Crippen LogP contribution in [0.4, 0.5) is 0 Å². The van der Waals surface area contributed by atoms with E-state index < -0.39 is 0 Å². The largest absolute Gasteiger partial charge is 0.320 e. The molecule has 0 saturated carbocycles. The molecular formula is C22H14N2OS. The number of aromatic amines is 1. The van der Waals surface area contributed by atoms with Gasteiger partial charge in [0.25, 0.3) is 5.56 Å². The Morgan fingerprint density at radius 3 is 2.35 bits per heavy atom. The normalized spacial score (nSPS) is 10.6. The molecule has 0 amide bonds. The summed E-state index contributed by atoms with van der Waals surface area (Å²) in [4.78, 5) is 17.0. The number of H-pyrrole nitrogens is 1. The molecule has 0 aliphatic carbocycles. The number of benzene rings is 3. The van der Waals surface area contributed by atoms with Gasteiger partial charge in [-0.2, -0.15) is 5.26 Å². The van der Waals surface area contributed by atoms with E-state index in [0.29, 0.717) is 0 Å². The predicted molar refractivity (Wildman–Crippen MR) is 105 cm³/mol. The molecule has 0 unspecified atom stereocenters. The summed E-state index contributed by atoms with van der Waals surface area (Å²) in [6.45, 7) is 0. The Kier molecular flexibility index (Phi) is 4.30. The van der Waals surface area contributed by atoms with Gasteiger partial charge in [0, 0.05) is 9.79 Å². The first-order valence-corrected chi connectivity index (χ1v) is 8.96. The highest BCUT2D eigenvalue weighted by molar-refractivity contribution is 7.99. The molecule has 0 fully saturated rings. The maximum absolute atomic E-state index is 12.2. The van der Waals surface area contributed by atoms with Gasteiger partial charge in [-0.05, 0) is 40.6 Å². The minimum atomic E-state index is -0.368. The highest BCUT2D eigenvalue weighted by Crippen LogP contribution is 2.35. The van der Waals surface area contributed by atoms with Crippen LogP contribution in [0.2, 0.25) is 0 Å². The SMILES string of the molecule is N#Cc1cc(Sc2ccccc2)c(-c2ccc3ccccc3c2)[nH]c1=O. The van der Waals surface area contributed by atoms with Crippen LogP contribution < -0.4 is 5.56 Å². The molecule has 0 spiro atoms. The number of nitrogens with one attached hydrogen (secondary N) is 1. The van der Waals surface area contributed by atoms with Crippen molar-refractivity contribution in [3.63, 3.8) is 0 Å². The molecule has 0 saturated heterocycles. The first-order chi connectivity index (χ1) is 12.7. The maximum Gasteiger partial charge on any atom is 0.266 e. The van der Waals surface area contributed by atoms with Crippen LogP contribution in [0.1, 0.15) is 5.56 Å². The Hall–Kier alpha value is -3.29. The second-order valence-electron chi connectivity index (χ2n) is 5.84. The fraction of sp³-hybridized carbons (Fsp3) is 0. The zero-order chi connectivity index (χ0) is 17.9. The van der Waals surface area contributed by atoms with Gasteiger partial charge >= 0.3 is 0 Å². The molecule has 0 bridgehead atoms. The second-order valence-corrected chi connectivity index (χ2v) is 6.96. The van der Waals surface area contributed by atoms with E-state index in [9.17, 15) is 10.1 Å². The second kappa shape index (κ2) is 6.91. The van der Waals surface area contributed by atoms with Gasteiger partial charge in [-0.3, -0.25) is 4.79 Å². The number of fused-ring (bicyclic) bond motifs is 1. The molecule has 0 radical (unpaired) electrons. The molecule has 4 aromatic rings. The molecule has 3 aromatic carbocycles. The van der Waals surface area contributed by atoms with Crippen LogP contribution in [-0.4, -0.2) is 4.98 Å². The number of rotatable bonds is 3. The van der Waals surface area contributed by atoms with E-state index in [4.69, 9.17) is 0 Å². The van der Waals surface area contributed by atoms with Crippen molar-refractivity contribution in [1.29, 1.82) is 5.26 Å². The van der Waals surface area contributed by atoms with Crippen molar-refractivity contribution in [2.45, 2.75) is 9.79 Å². The van der Waals surface area contributed by atoms with Gasteiger partial charge in [-0.1, -0.05) is 66.4 Å². The van der Waals surface area contributed by atoms with Crippen molar-refractivity contribution >= 4 is 22.5 Å². The number of hydrogen-bond acceptors (Lipinski definition) is 3. The summed E-state index contributed by atoms with van der Waals surface area (Å²) < 4.78 is 0. The van der Waals surface area contributed by atoms with E-state index >= 15 is 0 Å². The zero-order valence-electron chi connectivity index (χ0n) is 13.8. The average Bonchev–Trinajstić information content (AvgIpc) is 2.69. The molecule has 0 aliphatic heterocycles. The van der Waals surface area contributed by atoms with Gasteiger partial charge in [-0.25, -0.2) is 0 Å². The van der Waals surface area contributed by atoms with Crippen LogP contribution in [0.15, 0.2) is 93.4 Å². The lowest BCUT2D eigenvalue weighted by Gasteiger charge is -2.11. The van der Waals surface area contributed by atoms with Crippen molar-refractivity contribution in [3.8, 4) is 17.3 Å². The third kappa shape index (κ3) is 3.13. The molecule has 1 N–H and O–H groups in total. The highest BCUT2D eigenvalue weighted by Gasteiger charge is 2.12. The molecule has 4 heteroatoms. The van der Waals surface area contributed by atoms with Crippen molar-refractivity contribution in [3.05, 3.63) is 94.8 Å². The lowest BCUT2D eigenvalue weighted by atomic mass is 10.0. The third-order valence-electron chi connectivity index (χ3n) is 4.13. The summed E-state index contributed by atoms with van der Waals surface area (Å²) in [6.07, 6.45) is 0. The van der Waals surface area contributed by atoms with Crippen LogP contribution >= 0.6 is 11.8 Å². The van der Waals surface area contributed by atoms with Crippen molar-refractivity contribution < 1.29 is 0 Å². The quantitative estimate of drug-likeness (QED) is 0.549. The van der Waals surface area contributed by atoms with Crippen LogP contribution in [0, 0.1) is 11.3 Å². The van der Waals surface area contributed by atoms with Gasteiger partial charge in [0.05, 0.1) is 5.69 Å². The molecule has 4 rings (SSSR count). The van der Waals surface area contributed by atoms with E-state index in [1.165, 1.54) is 11.8 Å². The molecule has 0 atom stereocenters. The van der Waals surface area contributed by atoms with E-state index in [1.54, 1.807) is 6.07 Å². The van der Waals surface area contributed by atoms with Gasteiger partial charge < -0.3 is 4.98 Å². The van der Waals surface area contributed by atoms with Crippen LogP contribution in [0.5, 0.6) is 0 Å². The summed E-state index contributed by atoms with van der Waals surface area (Å²) in [7, 11) is 0. The van der Waals surface area contributed by atoms with Crippen LogP contribution in [0.3, 0.4) is 0 Å². The van der Waals surface area contributed by atoms with E-state index in [2.05, 4.69) is 17.1 Å². The van der Waals surface area contributed by atoms with Crippen LogP contribution in [-0.2, 0) is 0 Å². The zero-order valence-corrected chi connectivity index (χ0v) is 14.6. The first kappa shape index (κ1) is 16.2. The predicted octanol–water partition coefficient (Wildman–Crippen LogP) is 5.22. The van der Waals surface area contributed by atoms with E-state index in [-0.39, 0.29) is 11.1 Å². The Balaban J connectivity index is 1.89. The Labute approximate surface area is 154 Å². The maximum atomic E-state index is 12.2. The average molecular weight is 354 g/mol. The van der Waals surface area contributed by atoms with Gasteiger partial charge in [-0.15, -0.1) is 0 Å². The van der Waals surface area contributed by atoms with E-state index in [0.717, 1.165) is 31.8 Å². The summed E-state index contributed by atoms with van der Waals surface area (Å²) >= 11 is 1.53. The minimum Gasteiger partial charge on any atom is -0.320 e. The number of nitriles is 1. The molecule has 0 aliphatic rings. The third-order valence-corrected chi connectivity index (χ3v) is 5.18. The van der Waals surface area contributed by atoms with Crippen molar-refractivity contribution in [2.75, 3.05) is 0 Å². The van der Waals surface area contributed by atoms with Crippen molar-refractivity contribution in [2.24, 2.45) is 0 Å². The monoisotopic (exact) mass is 354 g/mol. The van der Waals surface area contributed by atoms with E-state index in [1.807, 2.05) is 66.7 Å². The Bertz CT molecular complexity index is 1190. The summed E-state index contributed by atoms with van der Waals surface area (Å²) in [6, 6.07) is 27.7. The van der Waals surface area contributed by atoms with Gasteiger partial charge in [0.15, 0.2) is 0 Å². The molecule has 1 aromatic heterocycles. The van der Waals surface area contributed by atoms with Gasteiger partial charge in [0.1, 0.15) is 11.6 Å². The number of hydrogen-bond donors (Lipinski definition) is 1. The molecule has 3 nitrogen and oxygen atoms in total. The minimum absolute atomic E-state index is 0.118. The standard InChI is InChI=1S/C22H14N2OS/c23-14-18-13-20(26-19-8-2-1-3-9-19)21(24-22(18)25)17-11-10-15-6-4-5-7-16(15)12-17/h1-13H,(H,24,25). The fourth-order valence-corrected chi connectivity index (χ4v) is 3.84. The molecular weight excluding hydrogens is 340 g/mol. The lowest BCUT2D eigenvalue weighted by molar-refractivity contribution is 1.16. The lowest BCUT2D eigenvalue weighted by Crippen LogP contribution is -2.11. The van der Waals surface area contributed by atoms with Crippen LogP contribution in [0.25, 0.3) is 22.0 Å². The molecule has 1 heterocycles. The van der Waals surface area contributed by atoms with Gasteiger partial charge in [0.2, 0.25) is 0 Å². The smallest absolute Gasteiger partial charge is 0.266 e. The topological polar surface area (TPSA) is 56.6 Å². The summed E-state index contributed by atoms with van der Waals surface area (Å²) in [5, 5.41) is 11.5. The summed E-state index contributed by atoms with van der Waals surface area (Å²) in [5.41, 5.74) is 1.40. The summed E-state index contributed by atoms with van der Waals surface area (Å²) in [5.74, 6) is 0. The number of aromatic nitrogens is 1.